The number of piperidine rings is 1. The summed E-state index contributed by atoms with van der Waals surface area (Å²) in [6, 6.07) is 0. The van der Waals surface area contributed by atoms with Crippen LogP contribution in [0.3, 0.4) is 0 Å². The number of nitrogens with two attached hydrogens (primary N) is 2. The number of rotatable bonds is 10. The number of hydrazine groups is 1. The highest BCUT2D eigenvalue weighted by Crippen LogP contribution is 2.50. The molecule has 0 saturated carbocycles. The van der Waals surface area contributed by atoms with E-state index in [0.717, 1.165) is 11.6 Å². The fraction of sp³-hybridized carbons (Fsp3) is 0.569. The van der Waals surface area contributed by atoms with Crippen molar-refractivity contribution in [3.63, 3.8) is 0 Å². The number of hydrogen-bond donors (Lipinski definition) is 7. The zero-order valence-corrected chi connectivity index (χ0v) is 41.4. The lowest BCUT2D eigenvalue weighted by atomic mass is 9.80. The van der Waals surface area contributed by atoms with Crippen LogP contribution < -0.4 is 32.3 Å². The number of aliphatic carboxylic acids is 1. The van der Waals surface area contributed by atoms with Crippen molar-refractivity contribution >= 4 is 40.1 Å². The van der Waals surface area contributed by atoms with Crippen molar-refractivity contribution in [3.05, 3.63) is 69.9 Å². The minimum absolute atomic E-state index is 0.0304. The summed E-state index contributed by atoms with van der Waals surface area (Å²) in [5, 5.41) is 49.2. The normalized spacial score (nSPS) is 28.2. The number of carboxylic acids is 1. The number of aliphatic hydroxyl groups is 1. The number of hydrogen-bond acceptors (Lipinski definition) is 16. The van der Waals surface area contributed by atoms with E-state index in [1.54, 1.807) is 32.1 Å². The zero-order valence-electron chi connectivity index (χ0n) is 41.4. The molecule has 3 unspecified atom stereocenters. The topological polar surface area (TPSA) is 272 Å². The minimum Gasteiger partial charge on any atom is -0.507 e. The van der Waals surface area contributed by atoms with Gasteiger partial charge in [-0.1, -0.05) is 59.8 Å². The van der Waals surface area contributed by atoms with Crippen molar-refractivity contribution in [1.82, 2.24) is 9.91 Å². The molecule has 0 aromatic heterocycles. The third-order valence-corrected chi connectivity index (χ3v) is 13.7. The number of carbonyl (C=O) groups is 4. The highest BCUT2D eigenvalue weighted by atomic mass is 16.7. The predicted molar refractivity (Wildman–Crippen MR) is 259 cm³/mol. The average molecular weight is 958 g/mol. The van der Waals surface area contributed by atoms with E-state index in [1.165, 1.54) is 19.4 Å². The number of ketones is 1. The summed E-state index contributed by atoms with van der Waals surface area (Å²) in [6.07, 6.45) is 10.3. The number of anilines is 1. The summed E-state index contributed by atoms with van der Waals surface area (Å²) in [5.41, 5.74) is 5.85. The predicted octanol–water partition coefficient (Wildman–Crippen LogP) is 5.36. The molecule has 5 aliphatic rings. The number of aromatic hydroxyl groups is 2. The molecule has 5 bridgehead atoms. The fourth-order valence-electron chi connectivity index (χ4n) is 9.91. The monoisotopic (exact) mass is 958 g/mol. The maximum Gasteiger partial charge on any atom is 0.327 e. The number of ether oxygens (including phenoxy) is 3. The van der Waals surface area contributed by atoms with Crippen LogP contribution in [0.5, 0.6) is 17.2 Å². The van der Waals surface area contributed by atoms with Gasteiger partial charge in [-0.3, -0.25) is 29.2 Å². The Morgan fingerprint density at radius 2 is 1.72 bits per heavy atom. The van der Waals surface area contributed by atoms with Gasteiger partial charge in [0.25, 0.3) is 11.7 Å². The molecular formula is C51H71N7O11. The lowest BCUT2D eigenvalue weighted by molar-refractivity contribution is -0.159. The van der Waals surface area contributed by atoms with Crippen molar-refractivity contribution in [1.29, 1.82) is 0 Å². The van der Waals surface area contributed by atoms with Gasteiger partial charge in [0, 0.05) is 80.2 Å². The fourth-order valence-corrected chi connectivity index (χ4v) is 9.91. The van der Waals surface area contributed by atoms with Crippen LogP contribution in [0, 0.1) is 36.5 Å². The molecule has 18 nitrogen and oxygen atoms in total. The Hall–Kier alpha value is -5.98. The molecule has 69 heavy (non-hydrogen) atoms. The number of fused-ring (bicyclic) bond motifs is 13. The molecule has 376 valence electrons. The van der Waals surface area contributed by atoms with Gasteiger partial charge in [0.05, 0.1) is 28.7 Å². The number of esters is 1. The molecule has 5 aliphatic heterocycles. The van der Waals surface area contributed by atoms with Gasteiger partial charge < -0.3 is 55.6 Å². The number of carbonyl (C=O) groups excluding carboxylic acids is 3. The Kier molecular flexibility index (Phi) is 16.2. The van der Waals surface area contributed by atoms with Crippen molar-refractivity contribution in [3.8, 4) is 17.2 Å². The van der Waals surface area contributed by atoms with Crippen LogP contribution in [-0.4, -0.2) is 104 Å². The Labute approximate surface area is 403 Å². The molecule has 18 heteroatoms. The standard InChI is InChI=1S/C51H71N7O11/c1-27(2)24-57-20-18-51(19-21-57)55-40-37-38-44(63)33(8)47-39(37)48(65)50(9,69-47)67-22-12-15-29(4)46(68-36(61)26-58(53)25-34(52)16-11-17-35(59)60)32(7)43(62)31(6)23-28(3)13-10-14-30(5)49(66)54-42(45(38)64)41(40)56-51/h10,12-14,22,25,27-29,31-32,43,46,62-64H,11,15-21,23-24,26,52-53H2,1-9H3,(H,54,66)(H,59,60)/b13-10+,22-12+,30-14-,34-25-/t28-,29+,31+,32+,43?,46?,50?/m0/s1. The molecule has 1 amide bonds. The van der Waals surface area contributed by atoms with Crippen LogP contribution in [0.1, 0.15) is 116 Å². The summed E-state index contributed by atoms with van der Waals surface area (Å²) in [5.74, 6) is -0.218. The quantitative estimate of drug-likeness (QED) is 0.0683. The van der Waals surface area contributed by atoms with Gasteiger partial charge >= 0.3 is 17.7 Å². The smallest absolute Gasteiger partial charge is 0.327 e. The van der Waals surface area contributed by atoms with Crippen LogP contribution in [0.15, 0.2) is 58.0 Å². The van der Waals surface area contributed by atoms with Gasteiger partial charge in [-0.05, 0) is 69.3 Å². The lowest BCUT2D eigenvalue weighted by Gasteiger charge is -2.36. The number of Topliss-reactive ketones (excluding diaryl/α,β-unsaturated/α-hetero) is 1. The summed E-state index contributed by atoms with van der Waals surface area (Å²) in [4.78, 5) is 65.8. The Bertz CT molecular complexity index is 2580. The molecule has 2 aromatic carbocycles. The van der Waals surface area contributed by atoms with Gasteiger partial charge in [-0.2, -0.15) is 0 Å². The second kappa shape index (κ2) is 21.3. The molecule has 1 saturated heterocycles. The van der Waals surface area contributed by atoms with Crippen molar-refractivity contribution in [2.75, 3.05) is 31.5 Å². The summed E-state index contributed by atoms with van der Waals surface area (Å²) in [7, 11) is 0. The number of benzene rings is 2. The van der Waals surface area contributed by atoms with Crippen LogP contribution in [-0.2, 0) is 23.9 Å². The van der Waals surface area contributed by atoms with E-state index < -0.39 is 64.9 Å². The van der Waals surface area contributed by atoms with Gasteiger partial charge in [0.1, 0.15) is 35.2 Å². The van der Waals surface area contributed by atoms with Crippen LogP contribution >= 0.6 is 0 Å². The Morgan fingerprint density at radius 1 is 1.04 bits per heavy atom. The number of amides is 1. The summed E-state index contributed by atoms with van der Waals surface area (Å²) < 4.78 is 18.5. The van der Waals surface area contributed by atoms with Crippen molar-refractivity contribution in [2.45, 2.75) is 131 Å². The first-order valence-electron chi connectivity index (χ1n) is 24.0. The first kappa shape index (κ1) is 52.4. The third kappa shape index (κ3) is 11.6. The number of nitrogens with one attached hydrogen (secondary N) is 1. The van der Waals surface area contributed by atoms with Gasteiger partial charge in [-0.15, -0.1) is 0 Å². The molecule has 9 N–H and O–H groups in total. The van der Waals surface area contributed by atoms with E-state index in [4.69, 9.17) is 40.9 Å². The maximum atomic E-state index is 14.8. The Morgan fingerprint density at radius 3 is 2.39 bits per heavy atom. The molecule has 1 fully saturated rings. The number of allylic oxidation sites excluding steroid dienone is 5. The SMILES string of the molecule is C/C1=C/C=C/[C@H](C)C[C@@H](C)C(O)[C@@H](C)C(OC(=O)CN(N)/C=C(\N)CCCC(=O)O)[C@H](C)C/C=C/OC2(C)Oc3c(C)c(O)c4c(O)c(c5c(c4c3C2=O)=NC2(CCN(CC(C)C)CC2)N=5)NC1=O. The number of likely N-dealkylation sites (tertiary alicyclic amines) is 1. The summed E-state index contributed by atoms with van der Waals surface area (Å²) in [6.45, 7) is 18.5. The molecule has 7 rings (SSSR count). The van der Waals surface area contributed by atoms with Crippen molar-refractivity contribution < 1.29 is 53.8 Å². The second-order valence-corrected chi connectivity index (χ2v) is 20.1. The first-order chi connectivity index (χ1) is 32.5. The van der Waals surface area contributed by atoms with E-state index >= 15 is 0 Å². The molecule has 0 radical (unpaired) electrons. The molecule has 0 aliphatic carbocycles. The minimum atomic E-state index is -1.93. The Balaban J connectivity index is 1.39. The van der Waals surface area contributed by atoms with Crippen LogP contribution in [0.25, 0.3) is 10.8 Å². The largest absolute Gasteiger partial charge is 0.507 e. The number of carboxylic acid groups (broad SMARTS) is 1. The van der Waals surface area contributed by atoms with E-state index in [2.05, 4.69) is 24.1 Å². The molecule has 1 spiro atoms. The van der Waals surface area contributed by atoms with E-state index in [-0.39, 0.29) is 87.4 Å². The number of nitrogens with zero attached hydrogens (tertiary/aromatic N) is 4. The van der Waals surface area contributed by atoms with E-state index in [0.29, 0.717) is 56.0 Å². The summed E-state index contributed by atoms with van der Waals surface area (Å²) >= 11 is 0. The molecule has 7 atom stereocenters. The maximum absolute atomic E-state index is 14.8. The third-order valence-electron chi connectivity index (χ3n) is 13.7. The van der Waals surface area contributed by atoms with Crippen LogP contribution in [0.2, 0.25) is 0 Å². The van der Waals surface area contributed by atoms with E-state index in [1.807, 2.05) is 33.8 Å². The highest BCUT2D eigenvalue weighted by molar-refractivity contribution is 6.19. The number of phenolic OH excluding ortho intramolecular Hbond substituents is 2. The number of phenols is 2. The number of aliphatic hydroxyl groups excluding tert-OH is 1. The van der Waals surface area contributed by atoms with E-state index in [9.17, 15) is 34.5 Å². The lowest BCUT2D eigenvalue weighted by Crippen LogP contribution is -2.43. The average Bonchev–Trinajstić information content (AvgIpc) is 3.77. The molecular weight excluding hydrogens is 887 g/mol. The highest BCUT2D eigenvalue weighted by Gasteiger charge is 2.50. The first-order valence-corrected chi connectivity index (χ1v) is 24.0. The van der Waals surface area contributed by atoms with Gasteiger partial charge in [-0.25, -0.2) is 5.84 Å². The van der Waals surface area contributed by atoms with Gasteiger partial charge in [0.15, 0.2) is 11.4 Å². The molecule has 2 aromatic rings. The van der Waals surface area contributed by atoms with Crippen LogP contribution in [0.4, 0.5) is 5.69 Å². The second-order valence-electron chi connectivity index (χ2n) is 20.1. The molecule has 5 heterocycles. The zero-order chi connectivity index (χ0) is 50.7. The van der Waals surface area contributed by atoms with Crippen molar-refractivity contribution in [2.24, 2.45) is 51.2 Å². The van der Waals surface area contributed by atoms with Gasteiger partial charge in [0.2, 0.25) is 0 Å².